The highest BCUT2D eigenvalue weighted by Gasteiger charge is 1.98. The van der Waals surface area contributed by atoms with Crippen molar-refractivity contribution in [2.45, 2.75) is 13.3 Å². The minimum Gasteiger partial charge on any atom is -0.494 e. The van der Waals surface area contributed by atoms with Gasteiger partial charge in [0.05, 0.1) is 6.61 Å². The summed E-state index contributed by atoms with van der Waals surface area (Å²) in [5.74, 6) is 0.922. The lowest BCUT2D eigenvalue weighted by atomic mass is 10.2. The van der Waals surface area contributed by atoms with E-state index >= 15 is 0 Å². The van der Waals surface area contributed by atoms with Gasteiger partial charge in [-0.1, -0.05) is 18.2 Å². The van der Waals surface area contributed by atoms with Gasteiger partial charge >= 0.3 is 0 Å². The van der Waals surface area contributed by atoms with Crippen LogP contribution in [-0.2, 0) is 0 Å². The van der Waals surface area contributed by atoms with Crippen LogP contribution in [0.3, 0.4) is 0 Å². The number of nitrogen functional groups attached to an aromatic ring is 1. The van der Waals surface area contributed by atoms with Crippen LogP contribution in [-0.4, -0.2) is 13.2 Å². The van der Waals surface area contributed by atoms with Crippen molar-refractivity contribution >= 4 is 11.4 Å². The molecule has 3 heteroatoms. The number of nitrogens with one attached hydrogen (secondary N) is 1. The number of rotatable bonds is 6. The fourth-order valence-corrected chi connectivity index (χ4v) is 1.89. The highest BCUT2D eigenvalue weighted by atomic mass is 16.5. The summed E-state index contributed by atoms with van der Waals surface area (Å²) < 4.78 is 5.63. The van der Waals surface area contributed by atoms with Crippen LogP contribution < -0.4 is 15.8 Å². The van der Waals surface area contributed by atoms with Gasteiger partial charge in [0.2, 0.25) is 0 Å². The van der Waals surface area contributed by atoms with Crippen molar-refractivity contribution in [2.75, 3.05) is 24.2 Å². The van der Waals surface area contributed by atoms with E-state index in [-0.39, 0.29) is 0 Å². The number of hydrogen-bond donors (Lipinski definition) is 2. The summed E-state index contributed by atoms with van der Waals surface area (Å²) in [5.41, 5.74) is 8.83. The minimum absolute atomic E-state index is 0.713. The normalized spacial score (nSPS) is 10.2. The first-order valence-corrected chi connectivity index (χ1v) is 6.53. The maximum absolute atomic E-state index is 5.72. The smallest absolute Gasteiger partial charge is 0.119 e. The monoisotopic (exact) mass is 256 g/mol. The van der Waals surface area contributed by atoms with E-state index in [2.05, 4.69) is 12.2 Å². The predicted molar refractivity (Wildman–Crippen MR) is 80.6 cm³/mol. The molecule has 0 saturated carbocycles. The molecule has 0 bridgehead atoms. The minimum atomic E-state index is 0.713. The molecule has 100 valence electrons. The molecule has 0 fully saturated rings. The Hall–Kier alpha value is -2.16. The van der Waals surface area contributed by atoms with Crippen LogP contribution in [0.15, 0.2) is 48.5 Å². The highest BCUT2D eigenvalue weighted by Crippen LogP contribution is 2.17. The fourth-order valence-electron chi connectivity index (χ4n) is 1.89. The molecular weight excluding hydrogens is 236 g/mol. The van der Waals surface area contributed by atoms with Crippen LogP contribution in [0.4, 0.5) is 11.4 Å². The number of hydrogen-bond acceptors (Lipinski definition) is 3. The Morgan fingerprint density at radius 2 is 1.89 bits per heavy atom. The van der Waals surface area contributed by atoms with Crippen LogP contribution in [0.5, 0.6) is 5.75 Å². The summed E-state index contributed by atoms with van der Waals surface area (Å²) in [6.07, 6.45) is 0.957. The van der Waals surface area contributed by atoms with Crippen molar-refractivity contribution in [3.8, 4) is 5.75 Å². The molecule has 2 aromatic rings. The summed E-state index contributed by atoms with van der Waals surface area (Å²) in [4.78, 5) is 0. The first kappa shape index (κ1) is 13.3. The van der Waals surface area contributed by atoms with Crippen molar-refractivity contribution in [3.05, 3.63) is 54.1 Å². The number of nitrogens with two attached hydrogens (primary N) is 1. The summed E-state index contributed by atoms with van der Waals surface area (Å²) in [6, 6.07) is 15.8. The summed E-state index contributed by atoms with van der Waals surface area (Å²) in [5, 5.41) is 3.39. The first-order chi connectivity index (χ1) is 9.25. The molecule has 0 radical (unpaired) electrons. The molecule has 0 heterocycles. The Balaban J connectivity index is 1.69. The van der Waals surface area contributed by atoms with E-state index in [9.17, 15) is 0 Å². The summed E-state index contributed by atoms with van der Waals surface area (Å²) >= 11 is 0. The molecule has 0 amide bonds. The molecule has 0 atom stereocenters. The van der Waals surface area contributed by atoms with Crippen molar-refractivity contribution in [1.82, 2.24) is 0 Å². The molecule has 3 nitrogen and oxygen atoms in total. The number of ether oxygens (including phenoxy) is 1. The van der Waals surface area contributed by atoms with E-state index in [0.29, 0.717) is 6.61 Å². The van der Waals surface area contributed by atoms with Gasteiger partial charge in [-0.25, -0.2) is 0 Å². The van der Waals surface area contributed by atoms with Gasteiger partial charge in [0.25, 0.3) is 0 Å². The lowest BCUT2D eigenvalue weighted by molar-refractivity contribution is 0.315. The molecule has 0 aliphatic carbocycles. The van der Waals surface area contributed by atoms with Crippen LogP contribution in [0, 0.1) is 6.92 Å². The lowest BCUT2D eigenvalue weighted by Crippen LogP contribution is -2.08. The molecule has 2 rings (SSSR count). The van der Waals surface area contributed by atoms with E-state index in [1.807, 2.05) is 48.5 Å². The zero-order chi connectivity index (χ0) is 13.5. The predicted octanol–water partition coefficient (Wildman–Crippen LogP) is 3.46. The Morgan fingerprint density at radius 3 is 2.63 bits per heavy atom. The van der Waals surface area contributed by atoms with Gasteiger partial charge in [-0.15, -0.1) is 0 Å². The molecule has 0 saturated heterocycles. The van der Waals surface area contributed by atoms with Crippen molar-refractivity contribution in [1.29, 1.82) is 0 Å². The van der Waals surface area contributed by atoms with Gasteiger partial charge in [0, 0.05) is 17.9 Å². The number of anilines is 2. The van der Waals surface area contributed by atoms with Crippen molar-refractivity contribution < 1.29 is 4.74 Å². The third-order valence-electron chi connectivity index (χ3n) is 2.90. The second-order valence-electron chi connectivity index (χ2n) is 4.52. The zero-order valence-electron chi connectivity index (χ0n) is 11.2. The number of benzene rings is 2. The number of aryl methyl sites for hydroxylation is 1. The molecule has 3 N–H and O–H groups in total. The average molecular weight is 256 g/mol. The van der Waals surface area contributed by atoms with Crippen molar-refractivity contribution in [3.63, 3.8) is 0 Å². The van der Waals surface area contributed by atoms with Gasteiger partial charge in [-0.3, -0.25) is 0 Å². The Morgan fingerprint density at radius 1 is 1.11 bits per heavy atom. The average Bonchev–Trinajstić information content (AvgIpc) is 2.42. The van der Waals surface area contributed by atoms with E-state index < -0.39 is 0 Å². The van der Waals surface area contributed by atoms with Crippen LogP contribution in [0.25, 0.3) is 0 Å². The van der Waals surface area contributed by atoms with Crippen LogP contribution >= 0.6 is 0 Å². The molecule has 0 aromatic heterocycles. The zero-order valence-corrected chi connectivity index (χ0v) is 11.2. The molecule has 0 aliphatic rings. The second-order valence-corrected chi connectivity index (χ2v) is 4.52. The van der Waals surface area contributed by atoms with Gasteiger partial charge < -0.3 is 15.8 Å². The van der Waals surface area contributed by atoms with Gasteiger partial charge in [-0.2, -0.15) is 0 Å². The molecule has 2 aromatic carbocycles. The quantitative estimate of drug-likeness (QED) is 0.614. The third kappa shape index (κ3) is 4.21. The molecule has 0 aliphatic heterocycles. The highest BCUT2D eigenvalue weighted by molar-refractivity contribution is 5.57. The van der Waals surface area contributed by atoms with Crippen LogP contribution in [0.2, 0.25) is 0 Å². The standard InChI is InChI=1S/C16H20N2O/c1-13-12-14(17)8-9-16(13)18-10-5-11-19-15-6-3-2-4-7-15/h2-4,6-9,12,18H,5,10-11,17H2,1H3. The SMILES string of the molecule is Cc1cc(N)ccc1NCCCOc1ccccc1. The lowest BCUT2D eigenvalue weighted by Gasteiger charge is -2.10. The van der Waals surface area contributed by atoms with Gasteiger partial charge in [-0.05, 0) is 49.2 Å². The first-order valence-electron chi connectivity index (χ1n) is 6.53. The van der Waals surface area contributed by atoms with E-state index in [1.165, 1.54) is 5.56 Å². The molecule has 0 unspecified atom stereocenters. The fraction of sp³-hybridized carbons (Fsp3) is 0.250. The number of para-hydroxylation sites is 1. The second kappa shape index (κ2) is 6.69. The Labute approximate surface area is 114 Å². The third-order valence-corrected chi connectivity index (χ3v) is 2.90. The van der Waals surface area contributed by atoms with Crippen molar-refractivity contribution in [2.24, 2.45) is 0 Å². The Bertz CT molecular complexity index is 511. The van der Waals surface area contributed by atoms with E-state index in [1.54, 1.807) is 0 Å². The van der Waals surface area contributed by atoms with Crippen LogP contribution in [0.1, 0.15) is 12.0 Å². The topological polar surface area (TPSA) is 47.3 Å². The molecular formula is C16H20N2O. The van der Waals surface area contributed by atoms with Gasteiger partial charge in [0.1, 0.15) is 5.75 Å². The summed E-state index contributed by atoms with van der Waals surface area (Å²) in [7, 11) is 0. The summed E-state index contributed by atoms with van der Waals surface area (Å²) in [6.45, 7) is 3.65. The van der Waals surface area contributed by atoms with E-state index in [4.69, 9.17) is 10.5 Å². The maximum Gasteiger partial charge on any atom is 0.119 e. The van der Waals surface area contributed by atoms with Gasteiger partial charge in [0.15, 0.2) is 0 Å². The largest absolute Gasteiger partial charge is 0.494 e. The molecule has 0 spiro atoms. The maximum atomic E-state index is 5.72. The van der Waals surface area contributed by atoms with E-state index in [0.717, 1.165) is 30.1 Å². The Kier molecular flexibility index (Phi) is 4.67. The molecule has 19 heavy (non-hydrogen) atoms.